The maximum atomic E-state index is 8.36. The van der Waals surface area contributed by atoms with Crippen molar-refractivity contribution in [2.24, 2.45) is 0 Å². The fourth-order valence-corrected chi connectivity index (χ4v) is 0. The van der Waals surface area contributed by atoms with Gasteiger partial charge < -0.3 is 35.9 Å². The van der Waals surface area contributed by atoms with Gasteiger partial charge in [-0.2, -0.15) is 0 Å². The van der Waals surface area contributed by atoms with Crippen molar-refractivity contribution in [3.8, 4) is 0 Å². The fourth-order valence-electron chi connectivity index (χ4n) is 0. The second-order valence-corrected chi connectivity index (χ2v) is 0.685. The summed E-state index contributed by atoms with van der Waals surface area (Å²) in [4.78, 5) is 24.9. The first kappa shape index (κ1) is 22.5. The molecule has 0 aliphatic rings. The molecule has 0 amide bonds. The Morgan fingerprint density at radius 3 is 0.769 bits per heavy atom. The Bertz CT molecular complexity index is 112. The maximum Gasteiger partial charge on any atom is 2.00 e. The van der Waals surface area contributed by atoms with E-state index in [-0.39, 0.29) is 23.1 Å². The molecule has 0 rings (SSSR count). The normalized spacial score (nSPS) is 5.54. The molecule has 0 radical (unpaired) electrons. The zero-order chi connectivity index (χ0) is 10.7. The van der Waals surface area contributed by atoms with Crippen molar-refractivity contribution >= 4 is 23.1 Å². The van der Waals surface area contributed by atoms with E-state index in [1.807, 2.05) is 0 Å². The van der Waals surface area contributed by atoms with Crippen LogP contribution in [-0.2, 0) is 0 Å². The third-order valence-corrected chi connectivity index (χ3v) is 0. The predicted octanol–water partition coefficient (Wildman–Crippen LogP) is -1.21. The molecule has 0 bridgehead atoms. The average molecular weight is 211 g/mol. The minimum atomic E-state index is -1.75. The van der Waals surface area contributed by atoms with Crippen LogP contribution in [0.15, 0.2) is 0 Å². The van der Waals surface area contributed by atoms with Crippen molar-refractivity contribution in [1.82, 2.24) is 0 Å². The molecule has 0 fully saturated rings. The van der Waals surface area contributed by atoms with E-state index >= 15 is 0 Å². The number of hydrogen-bond acceptors (Lipinski definition) is 8. The predicted molar refractivity (Wildman–Crippen MR) is 35.3 cm³/mol. The van der Waals surface area contributed by atoms with E-state index in [0.29, 0.717) is 0 Å². The molecule has 13 heavy (non-hydrogen) atoms. The Labute approximate surface area is 84.9 Å². The Hall–Kier alpha value is -1.63. The summed E-state index contributed by atoms with van der Waals surface area (Å²) >= 11 is 0. The summed E-state index contributed by atoms with van der Waals surface area (Å²) in [6, 6.07) is 0. The number of hydrogen-bond donors (Lipinski definition) is 1. The smallest absolute Gasteiger partial charge is 0.356 e. The quantitative estimate of drug-likeness (QED) is 0.290. The number of rotatable bonds is 0. The molecule has 0 aliphatic heterocycles. The molecule has 0 aromatic rings. The van der Waals surface area contributed by atoms with Gasteiger partial charge in [0.05, 0.1) is 10.2 Å². The topological polar surface area (TPSA) is 196 Å². The second kappa shape index (κ2) is 16.8. The van der Waals surface area contributed by atoms with Crippen LogP contribution in [0.1, 0.15) is 0 Å². The van der Waals surface area contributed by atoms with Crippen molar-refractivity contribution < 1.29 is 20.5 Å². The summed E-state index contributed by atoms with van der Waals surface area (Å²) in [5.74, 6) is 0. The van der Waals surface area contributed by atoms with Crippen LogP contribution < -0.4 is 0 Å². The molecule has 72 valence electrons. The van der Waals surface area contributed by atoms with Crippen LogP contribution in [0.5, 0.6) is 0 Å². The molecule has 0 saturated heterocycles. The van der Waals surface area contributed by atoms with E-state index < -0.39 is 15.3 Å². The molecule has 13 heteroatoms. The van der Waals surface area contributed by atoms with Crippen molar-refractivity contribution in [2.75, 3.05) is 0 Å². The molecule has 0 aromatic carbocycles. The van der Waals surface area contributed by atoms with Crippen LogP contribution >= 0.6 is 0 Å². The van der Waals surface area contributed by atoms with Crippen LogP contribution in [0.2, 0.25) is 0 Å². The Morgan fingerprint density at radius 2 is 0.769 bits per heavy atom. The van der Waals surface area contributed by atoms with Crippen LogP contribution in [0, 0.1) is 40.8 Å². The Kier molecular flexibility index (Phi) is 29.0. The molecule has 0 unspecified atom stereocenters. The summed E-state index contributed by atoms with van der Waals surface area (Å²) in [5.41, 5.74) is 0. The van der Waals surface area contributed by atoms with Gasteiger partial charge in [-0.3, -0.25) is 0 Å². The van der Waals surface area contributed by atoms with E-state index in [1.165, 1.54) is 0 Å². The molecule has 0 heterocycles. The number of nitrogens with zero attached hydrogens (tertiary/aromatic N) is 3. The van der Waals surface area contributed by atoms with Crippen LogP contribution in [0.3, 0.4) is 0 Å². The van der Waals surface area contributed by atoms with Crippen molar-refractivity contribution in [3.63, 3.8) is 0 Å². The van der Waals surface area contributed by atoms with Crippen LogP contribution in [0.4, 0.5) is 0 Å². The van der Waals surface area contributed by atoms with Gasteiger partial charge in [-0.25, -0.2) is 0 Å². The molecule has 0 atom stereocenters. The molecule has 1 N–H and O–H groups in total. The van der Waals surface area contributed by atoms with Gasteiger partial charge in [-0.1, -0.05) is 0 Å². The molecular weight excluding hydrogens is 210 g/mol. The zero-order valence-corrected chi connectivity index (χ0v) is 7.18. The summed E-state index contributed by atoms with van der Waals surface area (Å²) in [6.45, 7) is 0. The monoisotopic (exact) mass is 211 g/mol. The van der Waals surface area contributed by atoms with Crippen molar-refractivity contribution in [1.29, 1.82) is 0 Å². The summed E-state index contributed by atoms with van der Waals surface area (Å²) in [5, 5.41) is 43.1. The molecule has 0 spiro atoms. The minimum Gasteiger partial charge on any atom is -0.356 e. The maximum absolute atomic E-state index is 8.36. The van der Waals surface area contributed by atoms with E-state index in [9.17, 15) is 0 Å². The first-order valence-corrected chi connectivity index (χ1v) is 1.66. The van der Waals surface area contributed by atoms with Gasteiger partial charge in [-0.15, -0.1) is 10.1 Å². The minimum absolute atomic E-state index is 0. The van der Waals surface area contributed by atoms with E-state index in [4.69, 9.17) is 46.0 Å². The first-order valence-electron chi connectivity index (χ1n) is 1.66. The van der Waals surface area contributed by atoms with Gasteiger partial charge in [0.1, 0.15) is 0 Å². The summed E-state index contributed by atoms with van der Waals surface area (Å²) in [6.07, 6.45) is 0. The first-order chi connectivity index (χ1) is 5.20. The van der Waals surface area contributed by atoms with E-state index in [0.717, 1.165) is 0 Å². The van der Waals surface area contributed by atoms with Gasteiger partial charge in [0.25, 0.3) is 5.09 Å². The SMILES string of the molecule is O=[N+]([O-])O.O=[N+]([O-])[O-].O=[N+]([O-])[O-].[Mg+2]. The van der Waals surface area contributed by atoms with Crippen molar-refractivity contribution in [3.05, 3.63) is 40.8 Å². The molecule has 12 nitrogen and oxygen atoms in total. The Morgan fingerprint density at radius 1 is 0.769 bits per heavy atom. The van der Waals surface area contributed by atoms with Crippen LogP contribution in [0.25, 0.3) is 0 Å². The third-order valence-electron chi connectivity index (χ3n) is 0. The van der Waals surface area contributed by atoms with Gasteiger partial charge in [0, 0.05) is 0 Å². The van der Waals surface area contributed by atoms with E-state index in [2.05, 4.69) is 0 Å². The summed E-state index contributed by atoms with van der Waals surface area (Å²) in [7, 11) is 0. The molecular formula is HMgN3O9. The summed E-state index contributed by atoms with van der Waals surface area (Å²) < 4.78 is 0. The van der Waals surface area contributed by atoms with Gasteiger partial charge in [0.2, 0.25) is 0 Å². The zero-order valence-electron chi connectivity index (χ0n) is 5.76. The van der Waals surface area contributed by atoms with Gasteiger partial charge >= 0.3 is 23.1 Å². The largest absolute Gasteiger partial charge is 2.00 e. The second-order valence-electron chi connectivity index (χ2n) is 0.685. The van der Waals surface area contributed by atoms with E-state index in [1.54, 1.807) is 0 Å². The molecule has 0 aromatic heterocycles. The fraction of sp³-hybridized carbons (Fsp3) is 0. The molecule has 0 saturated carbocycles. The van der Waals surface area contributed by atoms with Gasteiger partial charge in [0.15, 0.2) is 0 Å². The molecule has 0 aliphatic carbocycles. The van der Waals surface area contributed by atoms with Crippen molar-refractivity contribution in [2.45, 2.75) is 0 Å². The van der Waals surface area contributed by atoms with Crippen LogP contribution in [-0.4, -0.2) is 43.5 Å². The third kappa shape index (κ3) is 272. The Balaban J connectivity index is -0.0000000450. The standard InChI is InChI=1S/Mg.HNO3.2NO3/c;3*2-1(3)4/h;(H,2,3,4);;/q+2;;2*-1. The average Bonchev–Trinajstić information content (AvgIpc) is 1.54. The van der Waals surface area contributed by atoms with Gasteiger partial charge in [-0.05, 0) is 0 Å².